The molecule has 3 atom stereocenters. The first-order chi connectivity index (χ1) is 17.8. The average Bonchev–Trinajstić information content (AvgIpc) is 2.85. The number of ether oxygens (including phenoxy) is 2. The Kier molecular flexibility index (Phi) is 11.2. The van der Waals surface area contributed by atoms with Crippen LogP contribution in [0.2, 0.25) is 0 Å². The van der Waals surface area contributed by atoms with Gasteiger partial charge in [-0.3, -0.25) is 14.4 Å². The van der Waals surface area contributed by atoms with Gasteiger partial charge in [0.15, 0.2) is 17.6 Å². The molecule has 1 saturated heterocycles. The minimum absolute atomic E-state index is 0.00428. The molecule has 1 heterocycles. The highest BCUT2D eigenvalue weighted by molar-refractivity contribution is 8.13. The molecule has 0 spiro atoms. The number of nitrogens with two attached hydrogens (primary N) is 1. The van der Waals surface area contributed by atoms with Gasteiger partial charge in [-0.1, -0.05) is 19.9 Å². The number of carbonyl (C=O) groups excluding carboxylic acids is 5. The van der Waals surface area contributed by atoms with Crippen molar-refractivity contribution in [3.8, 4) is 11.5 Å². The van der Waals surface area contributed by atoms with Crippen LogP contribution in [0.15, 0.2) is 18.2 Å². The summed E-state index contributed by atoms with van der Waals surface area (Å²) in [5.41, 5.74) is 5.26. The number of thioether (sulfide) groups is 1. The lowest BCUT2D eigenvalue weighted by Gasteiger charge is -2.33. The van der Waals surface area contributed by atoms with Gasteiger partial charge in [-0.25, -0.2) is 9.59 Å². The lowest BCUT2D eigenvalue weighted by molar-refractivity contribution is -0.167. The summed E-state index contributed by atoms with van der Waals surface area (Å²) in [6.45, 7) is 4.53. The van der Waals surface area contributed by atoms with Crippen molar-refractivity contribution in [2.75, 3.05) is 25.4 Å². The Balaban J connectivity index is 2.06. The lowest BCUT2D eigenvalue weighted by Crippen LogP contribution is -2.53. The molecule has 38 heavy (non-hydrogen) atoms. The minimum Gasteiger partial charge on any atom is -0.504 e. The third kappa shape index (κ3) is 9.41. The zero-order valence-electron chi connectivity index (χ0n) is 21.4. The molecule has 2 rings (SSSR count). The number of carbonyl (C=O) groups is 5. The number of phenols is 2. The van der Waals surface area contributed by atoms with Crippen LogP contribution in [0.4, 0.5) is 4.79 Å². The molecule has 1 aliphatic rings. The molecule has 0 unspecified atom stereocenters. The van der Waals surface area contributed by atoms with Gasteiger partial charge < -0.3 is 41.4 Å². The van der Waals surface area contributed by atoms with Crippen LogP contribution in [0, 0.1) is 5.41 Å². The van der Waals surface area contributed by atoms with Crippen molar-refractivity contribution >= 4 is 40.8 Å². The van der Waals surface area contributed by atoms with E-state index in [4.69, 9.17) is 15.2 Å². The van der Waals surface area contributed by atoms with Gasteiger partial charge in [0.2, 0.25) is 11.8 Å². The zero-order chi connectivity index (χ0) is 28.5. The quantitative estimate of drug-likeness (QED) is 0.202. The molecule has 7 N–H and O–H groups in total. The maximum atomic E-state index is 12.9. The summed E-state index contributed by atoms with van der Waals surface area (Å²) in [6, 6.07) is 1.73. The van der Waals surface area contributed by atoms with E-state index in [1.165, 1.54) is 25.1 Å². The third-order valence-electron chi connectivity index (χ3n) is 5.58. The normalized spacial score (nSPS) is 20.5. The van der Waals surface area contributed by atoms with Crippen molar-refractivity contribution in [2.24, 2.45) is 11.1 Å². The van der Waals surface area contributed by atoms with E-state index in [0.29, 0.717) is 11.3 Å². The van der Waals surface area contributed by atoms with E-state index in [0.717, 1.165) is 11.8 Å². The molecule has 0 saturated carbocycles. The van der Waals surface area contributed by atoms with Crippen molar-refractivity contribution in [1.82, 2.24) is 16.0 Å². The highest BCUT2D eigenvalue weighted by Crippen LogP contribution is 2.27. The molecule has 3 amide bonds. The summed E-state index contributed by atoms with van der Waals surface area (Å²) in [4.78, 5) is 62.2. The monoisotopic (exact) mass is 554 g/mol. The number of hydrogen-bond acceptors (Lipinski definition) is 11. The molecule has 13 nitrogen and oxygen atoms in total. The first-order valence-corrected chi connectivity index (χ1v) is 12.9. The van der Waals surface area contributed by atoms with Crippen molar-refractivity contribution in [2.45, 2.75) is 51.8 Å². The van der Waals surface area contributed by atoms with Gasteiger partial charge in [-0.05, 0) is 42.8 Å². The molecule has 14 heteroatoms. The molecule has 0 aromatic heterocycles. The van der Waals surface area contributed by atoms with Crippen LogP contribution in [-0.4, -0.2) is 82.8 Å². The Morgan fingerprint density at radius 1 is 1.21 bits per heavy atom. The van der Waals surface area contributed by atoms with Crippen LogP contribution < -0.4 is 21.7 Å². The van der Waals surface area contributed by atoms with E-state index in [-0.39, 0.29) is 49.9 Å². The second kappa shape index (κ2) is 13.9. The summed E-state index contributed by atoms with van der Waals surface area (Å²) >= 11 is 0.868. The molecule has 0 radical (unpaired) electrons. The van der Waals surface area contributed by atoms with Crippen molar-refractivity contribution < 1.29 is 43.7 Å². The number of nitrogens with one attached hydrogen (secondary N) is 3. The Morgan fingerprint density at radius 3 is 2.61 bits per heavy atom. The zero-order valence-corrected chi connectivity index (χ0v) is 22.3. The second-order valence-electron chi connectivity index (χ2n) is 9.45. The summed E-state index contributed by atoms with van der Waals surface area (Å²) in [5.74, 6) is -3.00. The summed E-state index contributed by atoms with van der Waals surface area (Å²) in [6.07, 6.45) is -1.41. The predicted octanol–water partition coefficient (Wildman–Crippen LogP) is -0.0838. The first kappa shape index (κ1) is 30.7. The molecule has 210 valence electrons. The number of aromatic hydroxyl groups is 2. The first-order valence-electron chi connectivity index (χ1n) is 11.9. The molecule has 0 aliphatic carbocycles. The van der Waals surface area contributed by atoms with Gasteiger partial charge in [0, 0.05) is 30.7 Å². The van der Waals surface area contributed by atoms with Crippen LogP contribution >= 0.6 is 11.8 Å². The van der Waals surface area contributed by atoms with Gasteiger partial charge in [0.1, 0.15) is 12.6 Å². The van der Waals surface area contributed by atoms with E-state index >= 15 is 0 Å². The topological polar surface area (TPSA) is 206 Å². The van der Waals surface area contributed by atoms with Crippen molar-refractivity contribution in [1.29, 1.82) is 0 Å². The van der Waals surface area contributed by atoms with E-state index < -0.39 is 46.7 Å². The fourth-order valence-corrected chi connectivity index (χ4v) is 3.89. The van der Waals surface area contributed by atoms with Gasteiger partial charge in [-0.15, -0.1) is 0 Å². The van der Waals surface area contributed by atoms with E-state index in [1.54, 1.807) is 13.8 Å². The predicted molar refractivity (Wildman–Crippen MR) is 137 cm³/mol. The maximum Gasteiger partial charge on any atom is 0.367 e. The highest BCUT2D eigenvalue weighted by atomic mass is 32.2. The Hall–Kier alpha value is -3.52. The van der Waals surface area contributed by atoms with Crippen LogP contribution in [-0.2, 0) is 35.1 Å². The van der Waals surface area contributed by atoms with Gasteiger partial charge in [-0.2, -0.15) is 0 Å². The largest absolute Gasteiger partial charge is 0.504 e. The van der Waals surface area contributed by atoms with Gasteiger partial charge in [0.05, 0.1) is 6.04 Å². The van der Waals surface area contributed by atoms with E-state index in [1.807, 2.05) is 0 Å². The van der Waals surface area contributed by atoms with Gasteiger partial charge in [0.25, 0.3) is 5.91 Å². The maximum absolute atomic E-state index is 12.9. The fourth-order valence-electron chi connectivity index (χ4n) is 3.38. The number of amides is 3. The molecule has 1 aliphatic heterocycles. The standard InChI is InChI=1S/C24H34N4O9S/c1-13(28-20(32)15(25)10-14-4-5-16(29)17(30)11-14)22(34)37-19-21(33)27-7-6-18(31)26-8-9-38-23(35)36-12-24(19,2)3/h4-5,11,13,15,19,29-30H,6-10,12,25H2,1-3H3,(H,26,31)(H,27,33)(H,28,32)/t13-,15-,19-/m0/s1. The molecular weight excluding hydrogens is 520 g/mol. The second-order valence-corrected chi connectivity index (χ2v) is 10.5. The SMILES string of the molecule is C[C@H](NC(=O)[C@@H](N)Cc1ccc(O)c(O)c1)C(=O)O[C@H]1C(=O)NCCC(=O)NCCSC(=O)OCC1(C)C. The summed E-state index contributed by atoms with van der Waals surface area (Å²) < 4.78 is 10.7. The molecule has 0 bridgehead atoms. The smallest absolute Gasteiger partial charge is 0.367 e. The van der Waals surface area contributed by atoms with Crippen LogP contribution in [0.25, 0.3) is 0 Å². The molecule has 1 fully saturated rings. The molecular formula is C24H34N4O9S. The highest BCUT2D eigenvalue weighted by Gasteiger charge is 2.41. The Morgan fingerprint density at radius 2 is 1.92 bits per heavy atom. The number of cyclic esters (lactones) is 1. The summed E-state index contributed by atoms with van der Waals surface area (Å²) in [5, 5.41) is 26.0. The number of benzene rings is 1. The number of rotatable bonds is 6. The molecule has 1 aromatic carbocycles. The minimum atomic E-state index is -1.41. The third-order valence-corrected chi connectivity index (χ3v) is 6.35. The number of phenolic OH excluding ortho intramolecular Hbond substituents is 2. The fraction of sp³-hybridized carbons (Fsp3) is 0.542. The van der Waals surface area contributed by atoms with E-state index in [2.05, 4.69) is 16.0 Å². The number of esters is 1. The Labute approximate surface area is 224 Å². The average molecular weight is 555 g/mol. The lowest BCUT2D eigenvalue weighted by atomic mass is 9.86. The van der Waals surface area contributed by atoms with Crippen molar-refractivity contribution in [3.63, 3.8) is 0 Å². The van der Waals surface area contributed by atoms with Crippen molar-refractivity contribution in [3.05, 3.63) is 23.8 Å². The van der Waals surface area contributed by atoms with Crippen LogP contribution in [0.5, 0.6) is 11.5 Å². The molecule has 1 aromatic rings. The summed E-state index contributed by atoms with van der Waals surface area (Å²) in [7, 11) is 0. The number of hydrogen-bond donors (Lipinski definition) is 6. The Bertz CT molecular complexity index is 1050. The van der Waals surface area contributed by atoms with Gasteiger partial charge >= 0.3 is 11.3 Å². The van der Waals surface area contributed by atoms with Crippen LogP contribution in [0.3, 0.4) is 0 Å². The van der Waals surface area contributed by atoms with E-state index in [9.17, 15) is 34.2 Å². The van der Waals surface area contributed by atoms with Crippen LogP contribution in [0.1, 0.15) is 32.8 Å².